The Kier molecular flexibility index (Phi) is 6.79. The van der Waals surface area contributed by atoms with Gasteiger partial charge in [0, 0.05) is 37.3 Å². The van der Waals surface area contributed by atoms with Gasteiger partial charge in [0.05, 0.1) is 6.54 Å². The van der Waals surface area contributed by atoms with Gasteiger partial charge in [0.25, 0.3) is 5.91 Å². The molecule has 1 heterocycles. The molecule has 0 spiro atoms. The van der Waals surface area contributed by atoms with Gasteiger partial charge in [-0.2, -0.15) is 0 Å². The topological polar surface area (TPSA) is 87.8 Å². The summed E-state index contributed by atoms with van der Waals surface area (Å²) in [6, 6.07) is 0.151. The highest BCUT2D eigenvalue weighted by atomic mass is 16.2. The molecule has 1 saturated carbocycles. The van der Waals surface area contributed by atoms with E-state index >= 15 is 0 Å². The molecule has 25 heavy (non-hydrogen) atoms. The summed E-state index contributed by atoms with van der Waals surface area (Å²) in [5.74, 6) is -0.117. The number of nitrogens with one attached hydrogen (secondary N) is 1. The third-order valence-electron chi connectivity index (χ3n) is 4.72. The molecule has 0 aromatic carbocycles. The molecule has 6 heteroatoms. The highest BCUT2D eigenvalue weighted by Crippen LogP contribution is 2.24. The van der Waals surface area contributed by atoms with Crippen molar-refractivity contribution in [2.24, 2.45) is 10.7 Å². The lowest BCUT2D eigenvalue weighted by Crippen LogP contribution is -2.47. The maximum Gasteiger partial charge on any atom is 0.270 e. The minimum atomic E-state index is -0.0961. The van der Waals surface area contributed by atoms with Gasteiger partial charge < -0.3 is 16.0 Å². The molecular weight excluding hydrogens is 316 g/mol. The zero-order valence-corrected chi connectivity index (χ0v) is 15.4. The van der Waals surface area contributed by atoms with E-state index in [4.69, 9.17) is 5.73 Å². The van der Waals surface area contributed by atoms with E-state index in [1.54, 1.807) is 4.90 Å². The summed E-state index contributed by atoms with van der Waals surface area (Å²) < 4.78 is 0. The van der Waals surface area contributed by atoms with E-state index < -0.39 is 0 Å². The molecule has 2 rings (SSSR count). The molecule has 0 unspecified atom stereocenters. The third-order valence-corrected chi connectivity index (χ3v) is 4.72. The number of nitrogens with zero attached hydrogens (tertiary/aromatic N) is 2. The van der Waals surface area contributed by atoms with E-state index in [0.717, 1.165) is 55.4 Å². The van der Waals surface area contributed by atoms with Crippen LogP contribution < -0.4 is 11.1 Å². The standard InChI is InChI=1S/C19H30N4O2/c1-13(2)12-21-17-7-5-4-6-16(17)18(20)19(25)23-10-8-15(9-11-23)22-14(3)24/h15H,1,4-12,20H2,2-3H3,(H,22,24)/b18-16-,21-17?. The summed E-state index contributed by atoms with van der Waals surface area (Å²) in [5.41, 5.74) is 9.48. The highest BCUT2D eigenvalue weighted by molar-refractivity contribution is 6.08. The molecular formula is C19H30N4O2. The maximum atomic E-state index is 12.8. The fourth-order valence-electron chi connectivity index (χ4n) is 3.40. The molecule has 3 N–H and O–H groups in total. The largest absolute Gasteiger partial charge is 0.394 e. The average Bonchev–Trinajstić information content (AvgIpc) is 2.59. The van der Waals surface area contributed by atoms with Crippen molar-refractivity contribution in [2.75, 3.05) is 19.6 Å². The van der Waals surface area contributed by atoms with E-state index in [2.05, 4.69) is 16.9 Å². The van der Waals surface area contributed by atoms with Gasteiger partial charge in [-0.05, 0) is 45.4 Å². The van der Waals surface area contributed by atoms with Crippen LogP contribution in [-0.2, 0) is 9.59 Å². The molecule has 1 aliphatic heterocycles. The molecule has 0 aromatic rings. The van der Waals surface area contributed by atoms with Crippen LogP contribution in [0.4, 0.5) is 0 Å². The number of carbonyl (C=O) groups excluding carboxylic acids is 2. The molecule has 0 bridgehead atoms. The molecule has 1 aliphatic carbocycles. The predicted octanol–water partition coefficient (Wildman–Crippen LogP) is 1.92. The van der Waals surface area contributed by atoms with Crippen LogP contribution in [0.25, 0.3) is 0 Å². The summed E-state index contributed by atoms with van der Waals surface area (Å²) in [7, 11) is 0. The fraction of sp³-hybridized carbons (Fsp3) is 0.632. The van der Waals surface area contributed by atoms with Gasteiger partial charge in [0.2, 0.25) is 5.91 Å². The number of likely N-dealkylation sites (tertiary alicyclic amines) is 1. The summed E-state index contributed by atoms with van der Waals surface area (Å²) in [4.78, 5) is 30.4. The zero-order chi connectivity index (χ0) is 18.4. The minimum absolute atomic E-state index is 0.0213. The van der Waals surface area contributed by atoms with Crippen LogP contribution in [0.15, 0.2) is 28.4 Å². The highest BCUT2D eigenvalue weighted by Gasteiger charge is 2.27. The zero-order valence-electron chi connectivity index (χ0n) is 15.4. The molecule has 1 saturated heterocycles. The number of amides is 2. The number of hydrogen-bond donors (Lipinski definition) is 2. The molecule has 0 aromatic heterocycles. The Bertz CT molecular complexity index is 599. The van der Waals surface area contributed by atoms with Crippen LogP contribution in [0.1, 0.15) is 52.4 Å². The van der Waals surface area contributed by atoms with Crippen molar-refractivity contribution in [3.63, 3.8) is 0 Å². The quantitative estimate of drug-likeness (QED) is 0.602. The molecule has 2 aliphatic rings. The normalized spacial score (nSPS) is 22.6. The maximum absolute atomic E-state index is 12.8. The van der Waals surface area contributed by atoms with Crippen molar-refractivity contribution >= 4 is 17.5 Å². The van der Waals surface area contributed by atoms with E-state index in [1.807, 2.05) is 6.92 Å². The van der Waals surface area contributed by atoms with Crippen molar-refractivity contribution < 1.29 is 9.59 Å². The van der Waals surface area contributed by atoms with Gasteiger partial charge >= 0.3 is 0 Å². The van der Waals surface area contributed by atoms with Crippen molar-refractivity contribution in [1.29, 1.82) is 0 Å². The number of nitrogens with two attached hydrogens (primary N) is 1. The molecule has 0 atom stereocenters. The number of hydrogen-bond acceptors (Lipinski definition) is 4. The second-order valence-electron chi connectivity index (χ2n) is 7.09. The monoisotopic (exact) mass is 346 g/mol. The number of carbonyl (C=O) groups is 2. The second-order valence-corrected chi connectivity index (χ2v) is 7.09. The first-order valence-corrected chi connectivity index (χ1v) is 9.11. The van der Waals surface area contributed by atoms with Gasteiger partial charge in [-0.1, -0.05) is 12.2 Å². The van der Waals surface area contributed by atoms with Crippen molar-refractivity contribution in [2.45, 2.75) is 58.4 Å². The lowest BCUT2D eigenvalue weighted by Gasteiger charge is -2.33. The molecule has 2 amide bonds. The lowest BCUT2D eigenvalue weighted by atomic mass is 9.90. The number of aliphatic imine (C=N–C) groups is 1. The number of piperidine rings is 1. The Morgan fingerprint density at radius 1 is 1.24 bits per heavy atom. The van der Waals surface area contributed by atoms with Crippen LogP contribution in [0.5, 0.6) is 0 Å². The van der Waals surface area contributed by atoms with Crippen LogP contribution in [0.2, 0.25) is 0 Å². The molecule has 6 nitrogen and oxygen atoms in total. The van der Waals surface area contributed by atoms with E-state index in [-0.39, 0.29) is 17.9 Å². The summed E-state index contributed by atoms with van der Waals surface area (Å²) >= 11 is 0. The first-order chi connectivity index (χ1) is 11.9. The first-order valence-electron chi connectivity index (χ1n) is 9.11. The van der Waals surface area contributed by atoms with E-state index in [0.29, 0.717) is 25.3 Å². The molecule has 0 radical (unpaired) electrons. The van der Waals surface area contributed by atoms with E-state index in [1.165, 1.54) is 6.92 Å². The SMILES string of the molecule is C=C(C)CN=C1CCCC/C1=C(/N)C(=O)N1CCC(NC(C)=O)CC1. The van der Waals surface area contributed by atoms with Gasteiger partial charge in [-0.25, -0.2) is 0 Å². The Morgan fingerprint density at radius 2 is 1.88 bits per heavy atom. The van der Waals surface area contributed by atoms with Crippen molar-refractivity contribution in [3.05, 3.63) is 23.4 Å². The Hall–Kier alpha value is -2.11. The fourth-order valence-corrected chi connectivity index (χ4v) is 3.40. The first kappa shape index (κ1) is 19.2. The second kappa shape index (κ2) is 8.83. The summed E-state index contributed by atoms with van der Waals surface area (Å²) in [6.45, 7) is 9.18. The average molecular weight is 346 g/mol. The Morgan fingerprint density at radius 3 is 2.48 bits per heavy atom. The smallest absolute Gasteiger partial charge is 0.270 e. The summed E-state index contributed by atoms with van der Waals surface area (Å²) in [5, 5.41) is 2.92. The lowest BCUT2D eigenvalue weighted by molar-refractivity contribution is -0.128. The number of rotatable bonds is 4. The van der Waals surface area contributed by atoms with E-state index in [9.17, 15) is 9.59 Å². The summed E-state index contributed by atoms with van der Waals surface area (Å²) in [6.07, 6.45) is 5.35. The van der Waals surface area contributed by atoms with Gasteiger partial charge in [-0.3, -0.25) is 14.6 Å². The van der Waals surface area contributed by atoms with Gasteiger partial charge in [-0.15, -0.1) is 0 Å². The van der Waals surface area contributed by atoms with Crippen LogP contribution in [0, 0.1) is 0 Å². The minimum Gasteiger partial charge on any atom is -0.394 e. The Labute approximate surface area is 150 Å². The van der Waals surface area contributed by atoms with Gasteiger partial charge in [0.1, 0.15) is 5.70 Å². The number of allylic oxidation sites excluding steroid dienone is 1. The molecule has 2 fully saturated rings. The van der Waals surface area contributed by atoms with Crippen LogP contribution in [0.3, 0.4) is 0 Å². The van der Waals surface area contributed by atoms with Crippen molar-refractivity contribution in [1.82, 2.24) is 10.2 Å². The predicted molar refractivity (Wildman–Crippen MR) is 100 cm³/mol. The Balaban J connectivity index is 2.06. The molecule has 138 valence electrons. The van der Waals surface area contributed by atoms with Crippen LogP contribution in [-0.4, -0.2) is 48.1 Å². The van der Waals surface area contributed by atoms with Crippen molar-refractivity contribution in [3.8, 4) is 0 Å². The van der Waals surface area contributed by atoms with Gasteiger partial charge in [0.15, 0.2) is 0 Å². The van der Waals surface area contributed by atoms with Crippen LogP contribution >= 0.6 is 0 Å². The third kappa shape index (κ3) is 5.44.